The van der Waals surface area contributed by atoms with Crippen LogP contribution in [-0.2, 0) is 10.7 Å². The molecule has 1 aliphatic carbocycles. The van der Waals surface area contributed by atoms with Crippen molar-refractivity contribution in [1.29, 1.82) is 0 Å². The quantitative estimate of drug-likeness (QED) is 0.326. The van der Waals surface area contributed by atoms with Crippen LogP contribution < -0.4 is 15.8 Å². The van der Waals surface area contributed by atoms with Crippen LogP contribution in [0.4, 0.5) is 8.78 Å². The molecule has 2 aromatic carbocycles. The minimum atomic E-state index is -2.91. The standard InChI is InChI=1S/C33H42F2N2O3/c1-22-16-27-9-8-23(2)37(21-28(27)19-30(22)32(39)36-14-15-40-4)20-25-7-5-6-24(17-25)18-31(38)26-10-12-29(13-11-26)33(3,34)35/h9-13,16,19,21,23-25H,5-8,14-15,17-18,20H2,1-4H3,(H,36,39). The van der Waals surface area contributed by atoms with E-state index in [1.807, 2.05) is 13.0 Å². The largest absolute Gasteiger partial charge is 0.383 e. The first-order valence-electron chi connectivity index (χ1n) is 14.4. The molecule has 2 aromatic rings. The van der Waals surface area contributed by atoms with E-state index in [2.05, 4.69) is 35.5 Å². The van der Waals surface area contributed by atoms with Crippen LogP contribution in [0.5, 0.6) is 0 Å². The molecule has 0 aromatic heterocycles. The minimum Gasteiger partial charge on any atom is -0.383 e. The van der Waals surface area contributed by atoms with Gasteiger partial charge >= 0.3 is 0 Å². The fourth-order valence-electron chi connectivity index (χ4n) is 5.99. The number of hydrogen-bond acceptors (Lipinski definition) is 4. The molecule has 2 aliphatic rings. The highest BCUT2D eigenvalue weighted by atomic mass is 19.3. The molecule has 5 nitrogen and oxygen atoms in total. The van der Waals surface area contributed by atoms with Crippen molar-refractivity contribution in [1.82, 2.24) is 10.2 Å². The maximum absolute atomic E-state index is 13.5. The number of Topliss-reactive ketones (excluding diaryl/α,β-unsaturated/α-hetero) is 1. The monoisotopic (exact) mass is 552 g/mol. The van der Waals surface area contributed by atoms with Crippen molar-refractivity contribution in [2.45, 2.75) is 71.3 Å². The summed E-state index contributed by atoms with van der Waals surface area (Å²) >= 11 is 0. The van der Waals surface area contributed by atoms with Gasteiger partial charge < -0.3 is 15.0 Å². The molecule has 1 saturated carbocycles. The second-order valence-electron chi connectivity index (χ2n) is 11.7. The lowest BCUT2D eigenvalue weighted by Gasteiger charge is -2.35. The number of benzene rings is 2. The zero-order valence-corrected chi connectivity index (χ0v) is 24.1. The predicted octanol–water partition coefficient (Wildman–Crippen LogP) is 5.18. The number of alkyl halides is 2. The number of hydrogen-bond donors (Lipinski definition) is 1. The van der Waals surface area contributed by atoms with Gasteiger partial charge in [0.05, 0.1) is 6.61 Å². The van der Waals surface area contributed by atoms with Crippen LogP contribution in [0.1, 0.15) is 84.2 Å². The molecule has 40 heavy (non-hydrogen) atoms. The van der Waals surface area contributed by atoms with Gasteiger partial charge in [0.1, 0.15) is 0 Å². The van der Waals surface area contributed by atoms with Crippen LogP contribution in [0.2, 0.25) is 0 Å². The number of fused-ring (bicyclic) bond motifs is 1. The Kier molecular flexibility index (Phi) is 9.77. The van der Waals surface area contributed by atoms with E-state index in [1.165, 1.54) is 24.3 Å². The van der Waals surface area contributed by atoms with Gasteiger partial charge in [0.2, 0.25) is 0 Å². The van der Waals surface area contributed by atoms with Crippen molar-refractivity contribution in [2.24, 2.45) is 11.8 Å². The minimum absolute atomic E-state index is 0.0292. The number of methoxy groups -OCH3 is 1. The maximum atomic E-state index is 13.5. The van der Waals surface area contributed by atoms with Gasteiger partial charge in [-0.1, -0.05) is 42.8 Å². The first kappa shape index (κ1) is 29.9. The van der Waals surface area contributed by atoms with Crippen LogP contribution in [0, 0.1) is 18.8 Å². The van der Waals surface area contributed by atoms with E-state index in [9.17, 15) is 18.4 Å². The van der Waals surface area contributed by atoms with Crippen molar-refractivity contribution in [2.75, 3.05) is 26.8 Å². The molecule has 1 N–H and O–H groups in total. The van der Waals surface area contributed by atoms with Gasteiger partial charge in [-0.25, -0.2) is 8.78 Å². The van der Waals surface area contributed by atoms with Gasteiger partial charge in [0.25, 0.3) is 11.8 Å². The summed E-state index contributed by atoms with van der Waals surface area (Å²) < 4.78 is 32.1. The molecule has 216 valence electrons. The molecule has 0 saturated heterocycles. The summed E-state index contributed by atoms with van der Waals surface area (Å²) in [5.41, 5.74) is 2.07. The highest BCUT2D eigenvalue weighted by Crippen LogP contribution is 2.34. The number of ether oxygens (including phenoxy) is 1. The molecule has 1 aliphatic heterocycles. The third kappa shape index (κ3) is 7.57. The Labute approximate surface area is 236 Å². The van der Waals surface area contributed by atoms with Crippen LogP contribution in [0.3, 0.4) is 0 Å². The summed E-state index contributed by atoms with van der Waals surface area (Å²) in [6.07, 6.45) is 10.0. The molecular weight excluding hydrogens is 510 g/mol. The summed E-state index contributed by atoms with van der Waals surface area (Å²) in [7, 11) is 1.61. The normalized spacial score (nSPS) is 21.1. The Bertz CT molecular complexity index is 1320. The smallest absolute Gasteiger partial charge is 0.270 e. The van der Waals surface area contributed by atoms with E-state index in [0.29, 0.717) is 48.6 Å². The molecular formula is C33H42F2N2O3. The zero-order chi connectivity index (χ0) is 28.9. The summed E-state index contributed by atoms with van der Waals surface area (Å²) in [5.74, 6) is -2.21. The summed E-state index contributed by atoms with van der Waals surface area (Å²) in [6.45, 7) is 6.92. The number of ketones is 1. The molecule has 4 rings (SSSR count). The third-order valence-electron chi connectivity index (χ3n) is 8.36. The van der Waals surface area contributed by atoms with Gasteiger partial charge in [-0.05, 0) is 73.4 Å². The summed E-state index contributed by atoms with van der Waals surface area (Å²) in [6, 6.07) is 10.2. The van der Waals surface area contributed by atoms with Gasteiger partial charge in [-0.2, -0.15) is 0 Å². The van der Waals surface area contributed by atoms with Crippen molar-refractivity contribution in [3.8, 4) is 0 Å². The number of aryl methyl sites for hydroxylation is 1. The highest BCUT2D eigenvalue weighted by molar-refractivity contribution is 5.96. The average Bonchev–Trinajstić information content (AvgIpc) is 3.06. The third-order valence-corrected chi connectivity index (χ3v) is 8.36. The Morgan fingerprint density at radius 2 is 1.82 bits per heavy atom. The molecule has 0 spiro atoms. The number of carbonyl (C=O) groups is 2. The van der Waals surface area contributed by atoms with E-state index in [1.54, 1.807) is 7.11 Å². The van der Waals surface area contributed by atoms with E-state index in [0.717, 1.165) is 61.6 Å². The van der Waals surface area contributed by atoms with E-state index in [4.69, 9.17) is 4.74 Å². The fourth-order valence-corrected chi connectivity index (χ4v) is 5.99. The Balaban J connectivity index is 1.44. The number of carbonyl (C=O) groups excluding carboxylic acids is 2. The molecule has 3 atom stereocenters. The van der Waals surface area contributed by atoms with Crippen molar-refractivity contribution in [3.63, 3.8) is 0 Å². The topological polar surface area (TPSA) is 58.6 Å². The lowest BCUT2D eigenvalue weighted by molar-refractivity contribution is 0.0174. The lowest BCUT2D eigenvalue weighted by Crippen LogP contribution is -2.36. The Hall–Kier alpha value is -3.06. The molecule has 1 heterocycles. The average molecular weight is 553 g/mol. The number of rotatable bonds is 10. The molecule has 0 radical (unpaired) electrons. The number of nitrogens with one attached hydrogen (secondary N) is 1. The molecule has 1 amide bonds. The number of nitrogens with zero attached hydrogens (tertiary/aromatic N) is 1. The number of halogens is 2. The number of amides is 1. The second kappa shape index (κ2) is 13.1. The molecule has 7 heteroatoms. The second-order valence-corrected chi connectivity index (χ2v) is 11.7. The molecule has 1 fully saturated rings. The van der Waals surface area contributed by atoms with Crippen molar-refractivity contribution >= 4 is 24.0 Å². The van der Waals surface area contributed by atoms with E-state index >= 15 is 0 Å². The summed E-state index contributed by atoms with van der Waals surface area (Å²) in [5, 5.41) is 5.13. The van der Waals surface area contributed by atoms with Crippen molar-refractivity contribution in [3.05, 3.63) is 69.1 Å². The van der Waals surface area contributed by atoms with Gasteiger partial charge in [-0.15, -0.1) is 0 Å². The maximum Gasteiger partial charge on any atom is 0.270 e. The molecule has 0 bridgehead atoms. The van der Waals surface area contributed by atoms with Gasteiger partial charge in [-0.3, -0.25) is 9.59 Å². The first-order chi connectivity index (χ1) is 19.0. The highest BCUT2D eigenvalue weighted by Gasteiger charge is 2.28. The van der Waals surface area contributed by atoms with Crippen LogP contribution in [-0.4, -0.2) is 49.4 Å². The summed E-state index contributed by atoms with van der Waals surface area (Å²) in [4.78, 5) is 28.2. The van der Waals surface area contributed by atoms with E-state index < -0.39 is 5.92 Å². The van der Waals surface area contributed by atoms with Crippen LogP contribution >= 0.6 is 0 Å². The van der Waals surface area contributed by atoms with Crippen molar-refractivity contribution < 1.29 is 23.1 Å². The Morgan fingerprint density at radius 1 is 1.10 bits per heavy atom. The SMILES string of the molecule is COCCNC(=O)c1cc2c(cc1C)=CCC(C)N(CC1CCCC(CC(=O)c3ccc(C(C)(F)F)cc3)C1)C=2. The van der Waals surface area contributed by atoms with Crippen LogP contribution in [0.25, 0.3) is 12.3 Å². The molecule has 3 unspecified atom stereocenters. The zero-order valence-electron chi connectivity index (χ0n) is 24.1. The first-order valence-corrected chi connectivity index (χ1v) is 14.4. The van der Waals surface area contributed by atoms with Gasteiger partial charge in [0.15, 0.2) is 5.78 Å². The fraction of sp³-hybridized carbons (Fsp3) is 0.515. The van der Waals surface area contributed by atoms with Crippen LogP contribution in [0.15, 0.2) is 36.4 Å². The lowest BCUT2D eigenvalue weighted by atomic mass is 9.78. The predicted molar refractivity (Wildman–Crippen MR) is 155 cm³/mol. The van der Waals surface area contributed by atoms with Gasteiger partial charge in [0, 0.05) is 62.5 Å². The van der Waals surface area contributed by atoms with E-state index in [-0.39, 0.29) is 17.3 Å². The Morgan fingerprint density at radius 3 is 2.52 bits per heavy atom.